The second-order valence-corrected chi connectivity index (χ2v) is 2.19. The monoisotopic (exact) mass is 138 g/mol. The third kappa shape index (κ3) is 1.23. The highest BCUT2D eigenvalue weighted by molar-refractivity contribution is 5.84. The summed E-state index contributed by atoms with van der Waals surface area (Å²) in [5.74, 6) is -1.62. The molecule has 0 atom stereocenters. The lowest BCUT2D eigenvalue weighted by Gasteiger charge is -2.25. The highest BCUT2D eigenvalue weighted by Crippen LogP contribution is 2.38. The second kappa shape index (κ2) is 1.72. The van der Waals surface area contributed by atoms with Crippen molar-refractivity contribution in [1.29, 1.82) is 0 Å². The Hall–Kier alpha value is -0.540. The maximum atomic E-state index is 11.5. The zero-order valence-electron chi connectivity index (χ0n) is 4.53. The number of hydrogen-bond donors (Lipinski definition) is 0. The molecule has 9 heavy (non-hydrogen) atoms. The van der Waals surface area contributed by atoms with Crippen LogP contribution in [0.4, 0.5) is 13.2 Å². The van der Waals surface area contributed by atoms with Crippen LogP contribution in [-0.4, -0.2) is 12.0 Å². The minimum Gasteiger partial charge on any atom is -0.300 e. The molecule has 0 aromatic carbocycles. The van der Waals surface area contributed by atoms with Gasteiger partial charge >= 0.3 is 6.18 Å². The van der Waals surface area contributed by atoms with Gasteiger partial charge in [-0.3, -0.25) is 4.79 Å². The molecule has 0 heterocycles. The molecule has 1 saturated carbocycles. The van der Waals surface area contributed by atoms with E-state index >= 15 is 0 Å². The van der Waals surface area contributed by atoms with Crippen molar-refractivity contribution in [2.75, 3.05) is 0 Å². The molecule has 0 amide bonds. The number of carbonyl (C=O) groups is 1. The highest BCUT2D eigenvalue weighted by atomic mass is 19.4. The molecule has 1 aliphatic carbocycles. The summed E-state index contributed by atoms with van der Waals surface area (Å²) < 4.78 is 34.6. The first-order chi connectivity index (χ1) is 4.00. The van der Waals surface area contributed by atoms with Crippen molar-refractivity contribution < 1.29 is 18.0 Å². The summed E-state index contributed by atoms with van der Waals surface area (Å²) in [7, 11) is 0. The summed E-state index contributed by atoms with van der Waals surface area (Å²) in [6, 6.07) is 0. The number of ketones is 1. The van der Waals surface area contributed by atoms with Crippen LogP contribution in [0.5, 0.6) is 0 Å². The molecular formula is C5H5F3O. The van der Waals surface area contributed by atoms with E-state index in [1.807, 2.05) is 0 Å². The van der Waals surface area contributed by atoms with E-state index < -0.39 is 12.1 Å². The molecule has 0 radical (unpaired) electrons. The van der Waals surface area contributed by atoms with Crippen LogP contribution in [0.25, 0.3) is 0 Å². The van der Waals surface area contributed by atoms with Crippen molar-refractivity contribution >= 4 is 5.78 Å². The van der Waals surface area contributed by atoms with Gasteiger partial charge in [0.25, 0.3) is 0 Å². The van der Waals surface area contributed by atoms with Crippen molar-refractivity contribution in [2.45, 2.75) is 19.0 Å². The fraction of sp³-hybridized carbons (Fsp3) is 0.800. The third-order valence-electron chi connectivity index (χ3n) is 1.41. The summed E-state index contributed by atoms with van der Waals surface area (Å²) in [5, 5.41) is 0. The molecule has 1 nitrogen and oxygen atoms in total. The lowest BCUT2D eigenvalue weighted by Crippen LogP contribution is -2.35. The van der Waals surface area contributed by atoms with Crippen LogP contribution in [0.15, 0.2) is 0 Å². The molecule has 0 aliphatic heterocycles. The molecule has 0 aromatic heterocycles. The van der Waals surface area contributed by atoms with Gasteiger partial charge in [-0.15, -0.1) is 0 Å². The lowest BCUT2D eigenvalue weighted by atomic mass is 9.84. The van der Waals surface area contributed by atoms with Gasteiger partial charge in [-0.05, 0) is 0 Å². The lowest BCUT2D eigenvalue weighted by molar-refractivity contribution is -0.195. The van der Waals surface area contributed by atoms with Gasteiger partial charge in [0.15, 0.2) is 0 Å². The zero-order valence-corrected chi connectivity index (χ0v) is 4.53. The van der Waals surface area contributed by atoms with E-state index in [9.17, 15) is 18.0 Å². The quantitative estimate of drug-likeness (QED) is 0.496. The Morgan fingerprint density at radius 2 is 1.78 bits per heavy atom. The minimum absolute atomic E-state index is 0.280. The molecule has 1 rings (SSSR count). The van der Waals surface area contributed by atoms with Gasteiger partial charge in [0.1, 0.15) is 5.78 Å². The summed E-state index contributed by atoms with van der Waals surface area (Å²) >= 11 is 0. The minimum atomic E-state index is -4.14. The standard InChI is InChI=1S/C5H5F3O/c6-5(7,8)3-1-4(9)2-3/h3H,1-2H2. The van der Waals surface area contributed by atoms with Crippen LogP contribution in [0, 0.1) is 5.92 Å². The molecule has 0 spiro atoms. The van der Waals surface area contributed by atoms with E-state index in [4.69, 9.17) is 0 Å². The first kappa shape index (κ1) is 6.58. The topological polar surface area (TPSA) is 17.1 Å². The van der Waals surface area contributed by atoms with E-state index in [1.54, 1.807) is 0 Å². The largest absolute Gasteiger partial charge is 0.392 e. The summed E-state index contributed by atoms with van der Waals surface area (Å²) in [6.45, 7) is 0. The fourth-order valence-electron chi connectivity index (χ4n) is 0.721. The fourth-order valence-corrected chi connectivity index (χ4v) is 0.721. The number of carbonyl (C=O) groups excluding carboxylic acids is 1. The summed E-state index contributed by atoms with van der Waals surface area (Å²) in [5.41, 5.74) is 0. The Balaban J connectivity index is 2.40. The van der Waals surface area contributed by atoms with Gasteiger partial charge in [0.05, 0.1) is 5.92 Å². The summed E-state index contributed by atoms with van der Waals surface area (Å²) in [6.07, 6.45) is -4.75. The van der Waals surface area contributed by atoms with Crippen LogP contribution < -0.4 is 0 Å². The van der Waals surface area contributed by atoms with Crippen LogP contribution in [0.2, 0.25) is 0 Å². The van der Waals surface area contributed by atoms with Crippen molar-refractivity contribution in [3.8, 4) is 0 Å². The Morgan fingerprint density at radius 1 is 1.33 bits per heavy atom. The van der Waals surface area contributed by atoms with Crippen LogP contribution in [0.3, 0.4) is 0 Å². The summed E-state index contributed by atoms with van der Waals surface area (Å²) in [4.78, 5) is 10.1. The SMILES string of the molecule is O=C1CC(C(F)(F)F)C1. The molecule has 0 aromatic rings. The van der Waals surface area contributed by atoms with E-state index in [1.165, 1.54) is 0 Å². The average molecular weight is 138 g/mol. The Bertz CT molecular complexity index is 130. The zero-order chi connectivity index (χ0) is 7.07. The van der Waals surface area contributed by atoms with Crippen LogP contribution in [-0.2, 0) is 4.79 Å². The molecule has 4 heteroatoms. The van der Waals surface area contributed by atoms with Crippen molar-refractivity contribution in [2.24, 2.45) is 5.92 Å². The molecule has 0 N–H and O–H groups in total. The van der Waals surface area contributed by atoms with Crippen LogP contribution >= 0.6 is 0 Å². The predicted octanol–water partition coefficient (Wildman–Crippen LogP) is 1.53. The van der Waals surface area contributed by atoms with Crippen molar-refractivity contribution in [1.82, 2.24) is 0 Å². The van der Waals surface area contributed by atoms with E-state index in [0.717, 1.165) is 0 Å². The first-order valence-electron chi connectivity index (χ1n) is 2.58. The number of rotatable bonds is 0. The third-order valence-corrected chi connectivity index (χ3v) is 1.41. The molecule has 0 saturated heterocycles. The van der Waals surface area contributed by atoms with E-state index in [2.05, 4.69) is 0 Å². The molecule has 52 valence electrons. The van der Waals surface area contributed by atoms with Gasteiger partial charge in [0.2, 0.25) is 0 Å². The van der Waals surface area contributed by atoms with Gasteiger partial charge in [-0.2, -0.15) is 13.2 Å². The van der Waals surface area contributed by atoms with Gasteiger partial charge < -0.3 is 0 Å². The second-order valence-electron chi connectivity index (χ2n) is 2.19. The molecule has 1 aliphatic rings. The van der Waals surface area contributed by atoms with Crippen molar-refractivity contribution in [3.05, 3.63) is 0 Å². The Kier molecular flexibility index (Phi) is 1.26. The molecule has 0 unspecified atom stereocenters. The number of alkyl halides is 3. The number of hydrogen-bond acceptors (Lipinski definition) is 1. The maximum Gasteiger partial charge on any atom is 0.392 e. The molecular weight excluding hydrogens is 133 g/mol. The normalized spacial score (nSPS) is 21.9. The van der Waals surface area contributed by atoms with Gasteiger partial charge in [-0.1, -0.05) is 0 Å². The number of Topliss-reactive ketones (excluding diaryl/α,β-unsaturated/α-hetero) is 1. The smallest absolute Gasteiger partial charge is 0.300 e. The van der Waals surface area contributed by atoms with Crippen molar-refractivity contribution in [3.63, 3.8) is 0 Å². The number of halogens is 3. The highest BCUT2D eigenvalue weighted by Gasteiger charge is 2.47. The maximum absolute atomic E-state index is 11.5. The van der Waals surface area contributed by atoms with Gasteiger partial charge in [0, 0.05) is 12.8 Å². The molecule has 1 fully saturated rings. The van der Waals surface area contributed by atoms with E-state index in [0.29, 0.717) is 0 Å². The predicted molar refractivity (Wildman–Crippen MR) is 23.8 cm³/mol. The molecule has 0 bridgehead atoms. The first-order valence-corrected chi connectivity index (χ1v) is 2.58. The van der Waals surface area contributed by atoms with E-state index in [-0.39, 0.29) is 18.6 Å². The Morgan fingerprint density at radius 3 is 1.89 bits per heavy atom. The Labute approximate surface area is 49.9 Å². The average Bonchev–Trinajstić information content (AvgIpc) is 1.55. The van der Waals surface area contributed by atoms with Crippen LogP contribution in [0.1, 0.15) is 12.8 Å². The van der Waals surface area contributed by atoms with Gasteiger partial charge in [-0.25, -0.2) is 0 Å².